The van der Waals surface area contributed by atoms with Crippen LogP contribution in [0.3, 0.4) is 0 Å². The summed E-state index contributed by atoms with van der Waals surface area (Å²) in [6, 6.07) is 0. The zero-order valence-corrected chi connectivity index (χ0v) is 16.3. The Kier molecular flexibility index (Phi) is 13.3. The fraction of sp³-hybridized carbons (Fsp3) is 0.818. The maximum absolute atomic E-state index is 11.3. The molecule has 0 amide bonds. The Morgan fingerprint density at radius 3 is 1.40 bits per heavy atom. The van der Waals surface area contributed by atoms with E-state index in [-0.39, 0.29) is 0 Å². The summed E-state index contributed by atoms with van der Waals surface area (Å²) in [6.07, 6.45) is 23.5. The zero-order chi connectivity index (χ0) is 18.2. The topological polar surface area (TPSA) is 43.4 Å². The van der Waals surface area contributed by atoms with E-state index in [0.717, 1.165) is 12.8 Å². The van der Waals surface area contributed by atoms with Gasteiger partial charge in [-0.1, -0.05) is 103 Å². The number of carbonyl (C=O) groups excluding carboxylic acids is 2. The molecule has 0 aliphatic carbocycles. The number of esters is 2. The number of hydrogen-bond acceptors (Lipinski definition) is 3. The van der Waals surface area contributed by atoms with Gasteiger partial charge in [0.1, 0.15) is 0 Å². The summed E-state index contributed by atoms with van der Waals surface area (Å²) in [7, 11) is 0. The molecule has 0 radical (unpaired) electrons. The van der Waals surface area contributed by atoms with Gasteiger partial charge in [-0.25, -0.2) is 9.59 Å². The lowest BCUT2D eigenvalue weighted by atomic mass is 10.0. The first kappa shape index (κ1) is 21.9. The lowest BCUT2D eigenvalue weighted by molar-refractivity contribution is -0.150. The van der Waals surface area contributed by atoms with E-state index in [1.807, 2.05) is 0 Å². The highest BCUT2D eigenvalue weighted by Crippen LogP contribution is 2.18. The molecule has 0 saturated heterocycles. The van der Waals surface area contributed by atoms with Crippen LogP contribution in [0.1, 0.15) is 116 Å². The lowest BCUT2D eigenvalue weighted by Crippen LogP contribution is -2.01. The van der Waals surface area contributed by atoms with Crippen molar-refractivity contribution in [1.82, 2.24) is 0 Å². The van der Waals surface area contributed by atoms with Gasteiger partial charge in [0.15, 0.2) is 0 Å². The van der Waals surface area contributed by atoms with Crippen LogP contribution in [-0.4, -0.2) is 11.9 Å². The normalized spacial score (nSPS) is 14.0. The quantitative estimate of drug-likeness (QED) is 0.168. The van der Waals surface area contributed by atoms with E-state index >= 15 is 0 Å². The van der Waals surface area contributed by atoms with E-state index in [2.05, 4.69) is 11.7 Å². The maximum Gasteiger partial charge on any atom is 0.342 e. The van der Waals surface area contributed by atoms with Gasteiger partial charge in [0, 0.05) is 11.6 Å². The Morgan fingerprint density at radius 2 is 1.04 bits per heavy atom. The fourth-order valence-electron chi connectivity index (χ4n) is 3.43. The number of rotatable bonds is 17. The molecule has 1 rings (SSSR count). The third kappa shape index (κ3) is 12.0. The Morgan fingerprint density at radius 1 is 0.640 bits per heavy atom. The standard InChI is InChI=1S/C22H38O3/c1-2-3-4-5-6-7-8-9-10-11-12-13-14-15-16-17-18-20-19-21(23)25-22(20)24/h19H,2-18H2,1H3. The van der Waals surface area contributed by atoms with Gasteiger partial charge in [0.25, 0.3) is 0 Å². The van der Waals surface area contributed by atoms with Crippen LogP contribution in [0.5, 0.6) is 0 Å². The van der Waals surface area contributed by atoms with Crippen LogP contribution in [0.15, 0.2) is 11.6 Å². The Hall–Kier alpha value is -1.12. The molecule has 3 nitrogen and oxygen atoms in total. The minimum Gasteiger partial charge on any atom is -0.386 e. The molecular formula is C22H38O3. The van der Waals surface area contributed by atoms with Gasteiger partial charge in [-0.05, 0) is 12.8 Å². The van der Waals surface area contributed by atoms with Crippen LogP contribution >= 0.6 is 0 Å². The first-order valence-corrected chi connectivity index (χ1v) is 10.7. The molecule has 0 aromatic rings. The first-order valence-electron chi connectivity index (χ1n) is 10.7. The van der Waals surface area contributed by atoms with Crippen LogP contribution in [0.2, 0.25) is 0 Å². The van der Waals surface area contributed by atoms with E-state index in [1.54, 1.807) is 0 Å². The molecular weight excluding hydrogens is 312 g/mol. The summed E-state index contributed by atoms with van der Waals surface area (Å²) in [6.45, 7) is 2.27. The molecule has 1 heterocycles. The summed E-state index contributed by atoms with van der Waals surface area (Å²) in [4.78, 5) is 22.2. The number of unbranched alkanes of at least 4 members (excludes halogenated alkanes) is 15. The monoisotopic (exact) mass is 350 g/mol. The Bertz CT molecular complexity index is 398. The average molecular weight is 351 g/mol. The molecule has 144 valence electrons. The third-order valence-corrected chi connectivity index (χ3v) is 5.05. The minimum atomic E-state index is -0.503. The molecule has 3 heteroatoms. The molecule has 0 saturated carbocycles. The second-order valence-corrected chi connectivity index (χ2v) is 7.43. The molecule has 1 aliphatic heterocycles. The van der Waals surface area contributed by atoms with E-state index in [4.69, 9.17) is 0 Å². The van der Waals surface area contributed by atoms with E-state index < -0.39 is 11.9 Å². The van der Waals surface area contributed by atoms with Gasteiger partial charge < -0.3 is 4.74 Å². The highest BCUT2D eigenvalue weighted by Gasteiger charge is 2.22. The van der Waals surface area contributed by atoms with Crippen molar-refractivity contribution in [1.29, 1.82) is 0 Å². The number of hydrogen-bond donors (Lipinski definition) is 0. The lowest BCUT2D eigenvalue weighted by Gasteiger charge is -2.03. The molecule has 0 atom stereocenters. The van der Waals surface area contributed by atoms with Crippen molar-refractivity contribution in [2.75, 3.05) is 0 Å². The maximum atomic E-state index is 11.3. The highest BCUT2D eigenvalue weighted by atomic mass is 16.6. The van der Waals surface area contributed by atoms with Crippen LogP contribution in [0.25, 0.3) is 0 Å². The minimum absolute atomic E-state index is 0.439. The SMILES string of the molecule is CCCCCCCCCCCCCCCCCCC1=CC(=O)OC1=O. The van der Waals surface area contributed by atoms with Crippen molar-refractivity contribution in [3.63, 3.8) is 0 Å². The summed E-state index contributed by atoms with van der Waals surface area (Å²) in [5.74, 6) is -0.942. The highest BCUT2D eigenvalue weighted by molar-refractivity contribution is 6.08. The zero-order valence-electron chi connectivity index (χ0n) is 16.3. The number of cyclic esters (lactones) is 2. The van der Waals surface area contributed by atoms with Crippen LogP contribution in [-0.2, 0) is 14.3 Å². The second-order valence-electron chi connectivity index (χ2n) is 7.43. The smallest absolute Gasteiger partial charge is 0.342 e. The van der Waals surface area contributed by atoms with E-state index in [1.165, 1.54) is 96.0 Å². The third-order valence-electron chi connectivity index (χ3n) is 5.05. The van der Waals surface area contributed by atoms with Crippen LogP contribution in [0.4, 0.5) is 0 Å². The number of ether oxygens (including phenoxy) is 1. The van der Waals surface area contributed by atoms with Gasteiger partial charge in [-0.3, -0.25) is 0 Å². The van der Waals surface area contributed by atoms with Crippen LogP contribution < -0.4 is 0 Å². The summed E-state index contributed by atoms with van der Waals surface area (Å²) >= 11 is 0. The average Bonchev–Trinajstić information content (AvgIpc) is 2.92. The van der Waals surface area contributed by atoms with Gasteiger partial charge in [0.2, 0.25) is 0 Å². The second kappa shape index (κ2) is 15.2. The Labute approximate surface area is 154 Å². The molecule has 0 fully saturated rings. The molecule has 0 bridgehead atoms. The summed E-state index contributed by atoms with van der Waals surface area (Å²) < 4.78 is 4.48. The van der Waals surface area contributed by atoms with Crippen molar-refractivity contribution < 1.29 is 14.3 Å². The molecule has 0 spiro atoms. The van der Waals surface area contributed by atoms with Gasteiger partial charge in [0.05, 0.1) is 0 Å². The molecule has 1 aliphatic rings. The van der Waals surface area contributed by atoms with Gasteiger partial charge in [-0.2, -0.15) is 0 Å². The predicted molar refractivity (Wildman–Crippen MR) is 103 cm³/mol. The molecule has 0 N–H and O–H groups in total. The summed E-state index contributed by atoms with van der Waals surface area (Å²) in [5, 5.41) is 0. The van der Waals surface area contributed by atoms with Crippen molar-refractivity contribution >= 4 is 11.9 Å². The largest absolute Gasteiger partial charge is 0.386 e. The van der Waals surface area contributed by atoms with Crippen molar-refractivity contribution in [2.24, 2.45) is 0 Å². The number of carbonyl (C=O) groups is 2. The fourth-order valence-corrected chi connectivity index (χ4v) is 3.43. The van der Waals surface area contributed by atoms with Gasteiger partial charge in [-0.15, -0.1) is 0 Å². The van der Waals surface area contributed by atoms with Gasteiger partial charge >= 0.3 is 11.9 Å². The first-order chi connectivity index (χ1) is 12.2. The van der Waals surface area contributed by atoms with Crippen molar-refractivity contribution in [2.45, 2.75) is 116 Å². The molecule has 0 unspecified atom stereocenters. The molecule has 0 aromatic carbocycles. The van der Waals surface area contributed by atoms with Crippen molar-refractivity contribution in [3.8, 4) is 0 Å². The molecule has 0 aromatic heterocycles. The molecule has 25 heavy (non-hydrogen) atoms. The Balaban J connectivity index is 1.74. The van der Waals surface area contributed by atoms with Crippen LogP contribution in [0, 0.1) is 0 Å². The summed E-state index contributed by atoms with van der Waals surface area (Å²) in [5.41, 5.74) is 0.551. The predicted octanol–water partition coefficient (Wildman–Crippen LogP) is 6.65. The van der Waals surface area contributed by atoms with Crippen molar-refractivity contribution in [3.05, 3.63) is 11.6 Å². The van der Waals surface area contributed by atoms with E-state index in [9.17, 15) is 9.59 Å². The van der Waals surface area contributed by atoms with E-state index in [0.29, 0.717) is 12.0 Å².